The molecule has 0 amide bonds. The van der Waals surface area contributed by atoms with Crippen molar-refractivity contribution in [2.24, 2.45) is 0 Å². The van der Waals surface area contributed by atoms with Crippen molar-refractivity contribution >= 4 is 65.0 Å². The van der Waals surface area contributed by atoms with Crippen LogP contribution in [0.3, 0.4) is 0 Å². The van der Waals surface area contributed by atoms with Crippen molar-refractivity contribution in [3.05, 3.63) is 157 Å². The van der Waals surface area contributed by atoms with Crippen LogP contribution in [0.15, 0.2) is 156 Å². The van der Waals surface area contributed by atoms with Gasteiger partial charge in [-0.15, -0.1) is 0 Å². The van der Waals surface area contributed by atoms with Gasteiger partial charge in [0.15, 0.2) is 0 Å². The van der Waals surface area contributed by atoms with Gasteiger partial charge in [-0.1, -0.05) is 145 Å². The summed E-state index contributed by atoms with van der Waals surface area (Å²) in [7, 11) is 0. The van der Waals surface area contributed by atoms with E-state index in [2.05, 4.69) is 24.3 Å². The maximum absolute atomic E-state index is 9.41. The number of benzene rings is 9. The van der Waals surface area contributed by atoms with Crippen LogP contribution >= 0.6 is 0 Å². The van der Waals surface area contributed by atoms with Crippen LogP contribution in [0.2, 0.25) is 0 Å². The van der Waals surface area contributed by atoms with E-state index in [1.807, 2.05) is 79.7 Å². The number of fused-ring (bicyclic) bond motifs is 4. The van der Waals surface area contributed by atoms with Crippen LogP contribution in [0.25, 0.3) is 98.4 Å². The lowest BCUT2D eigenvalue weighted by Crippen LogP contribution is -1.91. The average Bonchev–Trinajstić information content (AvgIpc) is 3.57. The zero-order valence-electron chi connectivity index (χ0n) is 32.7. The van der Waals surface area contributed by atoms with E-state index in [0.717, 1.165) is 38.2 Å². The molecule has 214 valence electrons. The summed E-state index contributed by atoms with van der Waals surface area (Å²) in [5.74, 6) is 0. The Hall–Kier alpha value is -5.92. The standard InChI is InChI=1S/C45H28O/c1-27-26-31(34-12-6-9-28-8-2-3-10-33(28)34)20-21-32(27)35-22-16-29-19-25-39-36(23-17-30-18-24-38(35)43(29)44(30)39)40-13-7-14-41-37-11-4-5-15-42(37)46-45(40)41/h2-26H,1H3/i16D,17D,18D,19D,22D,23D,24D,25D. The molecule has 1 heteroatoms. The Morgan fingerprint density at radius 1 is 0.435 bits per heavy atom. The predicted octanol–water partition coefficient (Wildman–Crippen LogP) is 12.9. The minimum Gasteiger partial charge on any atom is -0.455 e. The van der Waals surface area contributed by atoms with Gasteiger partial charge in [-0.3, -0.25) is 0 Å². The van der Waals surface area contributed by atoms with Gasteiger partial charge >= 0.3 is 0 Å². The molecular formula is C45H28O. The number of para-hydroxylation sites is 2. The third-order valence-electron chi connectivity index (χ3n) is 9.27. The Bertz CT molecular complexity index is 3270. The maximum Gasteiger partial charge on any atom is 0.143 e. The Morgan fingerprint density at radius 3 is 1.83 bits per heavy atom. The summed E-state index contributed by atoms with van der Waals surface area (Å²) in [6.45, 7) is 1.93. The molecule has 1 aromatic heterocycles. The summed E-state index contributed by atoms with van der Waals surface area (Å²) in [5, 5.41) is 4.85. The second-order valence-corrected chi connectivity index (χ2v) is 11.8. The van der Waals surface area contributed by atoms with Gasteiger partial charge in [-0.2, -0.15) is 0 Å². The molecule has 1 nitrogen and oxygen atoms in total. The van der Waals surface area contributed by atoms with Crippen molar-refractivity contribution in [3.63, 3.8) is 0 Å². The summed E-state index contributed by atoms with van der Waals surface area (Å²) < 4.78 is 81.1. The third kappa shape index (κ3) is 3.57. The van der Waals surface area contributed by atoms with Crippen LogP contribution in [0.4, 0.5) is 0 Å². The van der Waals surface area contributed by atoms with E-state index in [9.17, 15) is 11.0 Å². The highest BCUT2D eigenvalue weighted by molar-refractivity contribution is 6.28. The number of aryl methyl sites for hydroxylation is 1. The zero-order chi connectivity index (χ0) is 37.3. The lowest BCUT2D eigenvalue weighted by atomic mass is 9.86. The number of rotatable bonds is 3. The van der Waals surface area contributed by atoms with Gasteiger partial charge < -0.3 is 4.42 Å². The van der Waals surface area contributed by atoms with Crippen molar-refractivity contribution in [1.82, 2.24) is 0 Å². The van der Waals surface area contributed by atoms with Crippen LogP contribution in [0.5, 0.6) is 0 Å². The second kappa shape index (κ2) is 9.54. The molecule has 9 aromatic carbocycles. The fourth-order valence-electron chi connectivity index (χ4n) is 7.12. The van der Waals surface area contributed by atoms with Gasteiger partial charge in [0.05, 0.1) is 11.0 Å². The number of hydrogen-bond acceptors (Lipinski definition) is 1. The fourth-order valence-corrected chi connectivity index (χ4v) is 7.12. The van der Waals surface area contributed by atoms with Crippen molar-refractivity contribution < 1.29 is 15.4 Å². The lowest BCUT2D eigenvalue weighted by Gasteiger charge is -2.18. The molecule has 0 spiro atoms. The molecule has 0 aliphatic heterocycles. The van der Waals surface area contributed by atoms with E-state index in [4.69, 9.17) is 4.42 Å². The van der Waals surface area contributed by atoms with E-state index in [0.29, 0.717) is 22.3 Å². The maximum atomic E-state index is 9.41. The molecular weight excluding hydrogens is 556 g/mol. The molecule has 0 N–H and O–H groups in total. The smallest absolute Gasteiger partial charge is 0.143 e. The quantitative estimate of drug-likeness (QED) is 0.186. The largest absolute Gasteiger partial charge is 0.455 e. The predicted molar refractivity (Wildman–Crippen MR) is 196 cm³/mol. The van der Waals surface area contributed by atoms with E-state index in [1.165, 1.54) is 0 Å². The number of furan rings is 1. The third-order valence-corrected chi connectivity index (χ3v) is 9.27. The monoisotopic (exact) mass is 592 g/mol. The molecule has 10 rings (SSSR count). The first-order chi connectivity index (χ1) is 26.1. The van der Waals surface area contributed by atoms with Gasteiger partial charge in [0, 0.05) is 16.3 Å². The molecule has 0 unspecified atom stereocenters. The Morgan fingerprint density at radius 2 is 1.04 bits per heavy atom. The highest BCUT2D eigenvalue weighted by atomic mass is 16.3. The normalized spacial score (nSPS) is 14.5. The molecule has 10 aromatic rings. The summed E-state index contributed by atoms with van der Waals surface area (Å²) in [4.78, 5) is 0. The summed E-state index contributed by atoms with van der Waals surface area (Å²) in [6, 6.07) is 31.1. The highest BCUT2D eigenvalue weighted by Crippen LogP contribution is 2.45. The van der Waals surface area contributed by atoms with Gasteiger partial charge in [0.25, 0.3) is 0 Å². The van der Waals surface area contributed by atoms with Gasteiger partial charge in [0.2, 0.25) is 0 Å². The van der Waals surface area contributed by atoms with E-state index in [1.54, 1.807) is 6.07 Å². The highest BCUT2D eigenvalue weighted by Gasteiger charge is 2.18. The van der Waals surface area contributed by atoms with Crippen LogP contribution in [0, 0.1) is 6.92 Å². The molecule has 0 fully saturated rings. The first-order valence-electron chi connectivity index (χ1n) is 19.3. The van der Waals surface area contributed by atoms with E-state index < -0.39 is 0 Å². The van der Waals surface area contributed by atoms with Crippen molar-refractivity contribution in [3.8, 4) is 33.4 Å². The van der Waals surface area contributed by atoms with Crippen LogP contribution in [0.1, 0.15) is 16.5 Å². The Kier molecular flexibility index (Phi) is 3.90. The second-order valence-electron chi connectivity index (χ2n) is 11.8. The van der Waals surface area contributed by atoms with E-state index >= 15 is 0 Å². The zero-order valence-corrected chi connectivity index (χ0v) is 24.7. The first-order valence-corrected chi connectivity index (χ1v) is 15.3. The summed E-state index contributed by atoms with van der Waals surface area (Å²) in [6.07, 6.45) is 0. The van der Waals surface area contributed by atoms with Crippen LogP contribution in [-0.2, 0) is 0 Å². The van der Waals surface area contributed by atoms with Gasteiger partial charge in [-0.05, 0) is 89.5 Å². The molecule has 1 heterocycles. The molecule has 0 aliphatic carbocycles. The topological polar surface area (TPSA) is 13.1 Å². The SMILES string of the molecule is [2H]c1c([2H])c2c([2H])c([2H])c3c(-c4cccc5c4oc4ccccc45)c([2H])c([2H])c4c([2H])c([2H])c(c1-c1ccc(-c5cccc6ccccc56)cc1C)c2c43. The van der Waals surface area contributed by atoms with Crippen molar-refractivity contribution in [2.75, 3.05) is 0 Å². The molecule has 0 atom stereocenters. The van der Waals surface area contributed by atoms with Crippen LogP contribution < -0.4 is 0 Å². The van der Waals surface area contributed by atoms with Gasteiger partial charge in [-0.25, -0.2) is 0 Å². The summed E-state index contributed by atoms with van der Waals surface area (Å²) in [5.41, 5.74) is 5.51. The minimum atomic E-state index is -0.311. The van der Waals surface area contributed by atoms with E-state index in [-0.39, 0.29) is 91.8 Å². The molecule has 46 heavy (non-hydrogen) atoms. The molecule has 0 bridgehead atoms. The lowest BCUT2D eigenvalue weighted by molar-refractivity contribution is 0.670. The molecule has 0 saturated carbocycles. The van der Waals surface area contributed by atoms with Gasteiger partial charge in [0.1, 0.15) is 11.2 Å². The van der Waals surface area contributed by atoms with Crippen molar-refractivity contribution in [1.29, 1.82) is 0 Å². The fraction of sp³-hybridized carbons (Fsp3) is 0.0222. The molecule has 0 saturated heterocycles. The average molecular weight is 593 g/mol. The Labute approximate surface area is 277 Å². The minimum absolute atomic E-state index is 0.0117. The molecule has 0 aliphatic rings. The van der Waals surface area contributed by atoms with Crippen molar-refractivity contribution in [2.45, 2.75) is 6.92 Å². The first kappa shape index (κ1) is 18.8. The summed E-state index contributed by atoms with van der Waals surface area (Å²) >= 11 is 0. The molecule has 0 radical (unpaired) electrons. The van der Waals surface area contributed by atoms with Crippen LogP contribution in [-0.4, -0.2) is 0 Å². The Balaban J connectivity index is 1.34. The number of hydrogen-bond donors (Lipinski definition) is 0.